The number of aromatic nitrogens is 4. The highest BCUT2D eigenvalue weighted by Crippen LogP contribution is 2.41. The van der Waals surface area contributed by atoms with E-state index in [-0.39, 0.29) is 0 Å². The van der Waals surface area contributed by atoms with Gasteiger partial charge in [-0.1, -0.05) is 0 Å². The molecular formula is C14H16N6. The number of nitrogens with zero attached hydrogens (tertiary/aromatic N) is 5. The van der Waals surface area contributed by atoms with Crippen LogP contribution in [0.4, 0.5) is 0 Å². The van der Waals surface area contributed by atoms with E-state index in [1.807, 2.05) is 17.1 Å². The summed E-state index contributed by atoms with van der Waals surface area (Å²) in [5.74, 6) is 0.717. The van der Waals surface area contributed by atoms with Crippen LogP contribution in [0.2, 0.25) is 0 Å². The van der Waals surface area contributed by atoms with Crippen LogP contribution in [0.25, 0.3) is 0 Å². The van der Waals surface area contributed by atoms with Crippen molar-refractivity contribution >= 4 is 0 Å². The molecule has 6 nitrogen and oxygen atoms in total. The molecule has 0 radical (unpaired) electrons. The first-order valence-electron chi connectivity index (χ1n) is 7.02. The largest absolute Gasteiger partial charge is 0.295 e. The van der Waals surface area contributed by atoms with Crippen molar-refractivity contribution in [1.29, 1.82) is 5.26 Å². The first kappa shape index (κ1) is 11.7. The van der Waals surface area contributed by atoms with Gasteiger partial charge in [-0.15, -0.1) is 0 Å². The standard InChI is InChI=1S/C14H16N6/c15-3-10-4-17-20(6-10)13-8-19(9-13)7-12-5-16-18-14(12)11-1-2-11/h4-6,11,13H,1-2,7-9H2,(H,16,18). The molecule has 6 heteroatoms. The molecule has 0 atom stereocenters. The monoisotopic (exact) mass is 268 g/mol. The maximum Gasteiger partial charge on any atom is 0.102 e. The Morgan fingerprint density at radius 2 is 2.20 bits per heavy atom. The molecular weight excluding hydrogens is 252 g/mol. The zero-order valence-corrected chi connectivity index (χ0v) is 11.2. The lowest BCUT2D eigenvalue weighted by Gasteiger charge is -2.39. The third-order valence-corrected chi connectivity index (χ3v) is 4.17. The lowest BCUT2D eigenvalue weighted by atomic mass is 10.1. The van der Waals surface area contributed by atoms with Crippen LogP contribution < -0.4 is 0 Å². The molecule has 0 spiro atoms. The number of rotatable bonds is 4. The van der Waals surface area contributed by atoms with E-state index in [1.54, 1.807) is 6.20 Å². The first-order valence-corrected chi connectivity index (χ1v) is 7.02. The van der Waals surface area contributed by atoms with Gasteiger partial charge in [-0.05, 0) is 12.8 Å². The van der Waals surface area contributed by atoms with Crippen molar-refractivity contribution in [3.63, 3.8) is 0 Å². The van der Waals surface area contributed by atoms with Gasteiger partial charge >= 0.3 is 0 Å². The van der Waals surface area contributed by atoms with Gasteiger partial charge in [0.1, 0.15) is 6.07 Å². The Kier molecular flexibility index (Phi) is 2.60. The topological polar surface area (TPSA) is 73.5 Å². The van der Waals surface area contributed by atoms with Crippen molar-refractivity contribution in [2.24, 2.45) is 0 Å². The molecule has 1 saturated heterocycles. The van der Waals surface area contributed by atoms with Crippen LogP contribution in [0.5, 0.6) is 0 Å². The maximum absolute atomic E-state index is 8.81. The van der Waals surface area contributed by atoms with E-state index in [2.05, 4.69) is 26.3 Å². The average molecular weight is 268 g/mol. The zero-order chi connectivity index (χ0) is 13.5. The summed E-state index contributed by atoms with van der Waals surface area (Å²) < 4.78 is 1.91. The Balaban J connectivity index is 1.37. The van der Waals surface area contributed by atoms with Gasteiger partial charge in [0, 0.05) is 43.0 Å². The summed E-state index contributed by atoms with van der Waals surface area (Å²) in [6.45, 7) is 2.94. The van der Waals surface area contributed by atoms with E-state index in [9.17, 15) is 0 Å². The smallest absolute Gasteiger partial charge is 0.102 e. The molecule has 1 saturated carbocycles. The summed E-state index contributed by atoms with van der Waals surface area (Å²) in [5, 5.41) is 20.4. The minimum absolute atomic E-state index is 0.397. The van der Waals surface area contributed by atoms with E-state index in [4.69, 9.17) is 5.26 Å². The van der Waals surface area contributed by atoms with Gasteiger partial charge in [-0.2, -0.15) is 15.5 Å². The van der Waals surface area contributed by atoms with Gasteiger partial charge in [0.25, 0.3) is 0 Å². The molecule has 0 unspecified atom stereocenters. The van der Waals surface area contributed by atoms with Crippen molar-refractivity contribution in [2.75, 3.05) is 13.1 Å². The Morgan fingerprint density at radius 1 is 1.35 bits per heavy atom. The number of hydrogen-bond acceptors (Lipinski definition) is 4. The fourth-order valence-corrected chi connectivity index (χ4v) is 2.85. The van der Waals surface area contributed by atoms with Gasteiger partial charge in [-0.3, -0.25) is 14.7 Å². The summed E-state index contributed by atoms with van der Waals surface area (Å²) in [5.41, 5.74) is 3.30. The summed E-state index contributed by atoms with van der Waals surface area (Å²) >= 11 is 0. The minimum atomic E-state index is 0.397. The second-order valence-electron chi connectivity index (χ2n) is 5.75. The zero-order valence-electron chi connectivity index (χ0n) is 11.2. The molecule has 2 aromatic heterocycles. The predicted octanol–water partition coefficient (Wildman–Crippen LogP) is 1.41. The Bertz CT molecular complexity index is 653. The van der Waals surface area contributed by atoms with E-state index < -0.39 is 0 Å². The second kappa shape index (κ2) is 4.46. The highest BCUT2D eigenvalue weighted by atomic mass is 15.4. The van der Waals surface area contributed by atoms with Gasteiger partial charge in [-0.25, -0.2) is 0 Å². The van der Waals surface area contributed by atoms with Crippen LogP contribution in [0.3, 0.4) is 0 Å². The van der Waals surface area contributed by atoms with Crippen LogP contribution in [0, 0.1) is 11.3 Å². The molecule has 1 aliphatic carbocycles. The van der Waals surface area contributed by atoms with Gasteiger partial charge in [0.2, 0.25) is 0 Å². The average Bonchev–Trinajstić information content (AvgIpc) is 2.98. The predicted molar refractivity (Wildman–Crippen MR) is 71.8 cm³/mol. The molecule has 102 valence electrons. The summed E-state index contributed by atoms with van der Waals surface area (Å²) in [6.07, 6.45) is 8.01. The molecule has 2 aliphatic rings. The molecule has 1 N–H and O–H groups in total. The van der Waals surface area contributed by atoms with E-state index in [0.29, 0.717) is 17.5 Å². The van der Waals surface area contributed by atoms with Gasteiger partial charge in [0.15, 0.2) is 0 Å². The number of nitriles is 1. The second-order valence-corrected chi connectivity index (χ2v) is 5.75. The number of likely N-dealkylation sites (tertiary alicyclic amines) is 1. The van der Waals surface area contributed by atoms with Crippen LogP contribution in [0.1, 0.15) is 41.6 Å². The minimum Gasteiger partial charge on any atom is -0.295 e. The van der Waals surface area contributed by atoms with Crippen molar-refractivity contribution in [3.05, 3.63) is 35.4 Å². The molecule has 3 heterocycles. The fourth-order valence-electron chi connectivity index (χ4n) is 2.85. The number of H-pyrrole nitrogens is 1. The SMILES string of the molecule is N#Cc1cnn(C2CN(Cc3cn[nH]c3C3CC3)C2)c1. The van der Waals surface area contributed by atoms with Crippen molar-refractivity contribution in [3.8, 4) is 6.07 Å². The number of aromatic amines is 1. The molecule has 20 heavy (non-hydrogen) atoms. The van der Waals surface area contributed by atoms with Gasteiger partial charge < -0.3 is 0 Å². The normalized spacial score (nSPS) is 19.8. The Hall–Kier alpha value is -2.13. The lowest BCUT2D eigenvalue weighted by Crippen LogP contribution is -2.47. The number of hydrogen-bond donors (Lipinski definition) is 1. The van der Waals surface area contributed by atoms with Crippen molar-refractivity contribution in [2.45, 2.75) is 31.3 Å². The number of nitrogens with one attached hydrogen (secondary N) is 1. The highest BCUT2D eigenvalue weighted by molar-refractivity contribution is 5.25. The quantitative estimate of drug-likeness (QED) is 0.910. The molecule has 0 bridgehead atoms. The molecule has 0 aromatic carbocycles. The third-order valence-electron chi connectivity index (χ3n) is 4.17. The molecule has 2 fully saturated rings. The van der Waals surface area contributed by atoms with E-state index in [1.165, 1.54) is 24.1 Å². The van der Waals surface area contributed by atoms with Crippen LogP contribution >= 0.6 is 0 Å². The summed E-state index contributed by atoms with van der Waals surface area (Å²) in [4.78, 5) is 2.40. The molecule has 2 aromatic rings. The maximum atomic E-state index is 8.81. The van der Waals surface area contributed by atoms with E-state index in [0.717, 1.165) is 19.6 Å². The van der Waals surface area contributed by atoms with Crippen molar-refractivity contribution < 1.29 is 0 Å². The van der Waals surface area contributed by atoms with Crippen LogP contribution in [-0.2, 0) is 6.54 Å². The fraction of sp³-hybridized carbons (Fsp3) is 0.500. The van der Waals surface area contributed by atoms with Crippen LogP contribution in [0.15, 0.2) is 18.6 Å². The van der Waals surface area contributed by atoms with Crippen molar-refractivity contribution in [1.82, 2.24) is 24.9 Å². The summed E-state index contributed by atoms with van der Waals surface area (Å²) in [7, 11) is 0. The molecule has 0 amide bonds. The first-order chi connectivity index (χ1) is 9.83. The Labute approximate surface area is 117 Å². The van der Waals surface area contributed by atoms with E-state index >= 15 is 0 Å². The Morgan fingerprint density at radius 3 is 2.90 bits per heavy atom. The molecule has 1 aliphatic heterocycles. The summed E-state index contributed by atoms with van der Waals surface area (Å²) in [6, 6.07) is 2.51. The van der Waals surface area contributed by atoms with Crippen LogP contribution in [-0.4, -0.2) is 38.0 Å². The molecule has 4 rings (SSSR count). The van der Waals surface area contributed by atoms with Gasteiger partial charge in [0.05, 0.1) is 24.0 Å². The lowest BCUT2D eigenvalue weighted by molar-refractivity contribution is 0.0906. The third kappa shape index (κ3) is 2.00. The highest BCUT2D eigenvalue weighted by Gasteiger charge is 2.32.